The molecule has 3 N–H and O–H groups in total. The van der Waals surface area contributed by atoms with E-state index in [9.17, 15) is 0 Å². The molecule has 0 spiro atoms. The minimum Gasteiger partial charge on any atom is -0.438 e. The normalized spacial score (nSPS) is 10.8. The van der Waals surface area contributed by atoms with Crippen molar-refractivity contribution in [1.29, 1.82) is 0 Å². The summed E-state index contributed by atoms with van der Waals surface area (Å²) in [6, 6.07) is 7.55. The number of aromatic nitrogens is 4. The Bertz CT molecular complexity index is 756. The SMILES string of the molecule is CNc1nc(Oc2ccccc2CCO)c2cn[nH]c2n1. The lowest BCUT2D eigenvalue weighted by Crippen LogP contribution is -2.00. The van der Waals surface area contributed by atoms with Gasteiger partial charge in [0.05, 0.1) is 6.20 Å². The summed E-state index contributed by atoms with van der Waals surface area (Å²) in [5.74, 6) is 1.53. The fourth-order valence-electron chi connectivity index (χ4n) is 2.03. The van der Waals surface area contributed by atoms with Gasteiger partial charge in [-0.2, -0.15) is 15.1 Å². The molecule has 0 saturated carbocycles. The number of fused-ring (bicyclic) bond motifs is 1. The van der Waals surface area contributed by atoms with Crippen LogP contribution in [-0.4, -0.2) is 38.9 Å². The van der Waals surface area contributed by atoms with Crippen LogP contribution in [-0.2, 0) is 6.42 Å². The summed E-state index contributed by atoms with van der Waals surface area (Å²) < 4.78 is 5.91. The summed E-state index contributed by atoms with van der Waals surface area (Å²) in [7, 11) is 1.74. The topological polar surface area (TPSA) is 96.0 Å². The molecular weight excluding hydrogens is 270 g/mol. The van der Waals surface area contributed by atoms with E-state index in [-0.39, 0.29) is 6.61 Å². The molecule has 7 heteroatoms. The number of aromatic amines is 1. The van der Waals surface area contributed by atoms with Crippen LogP contribution in [0.25, 0.3) is 11.0 Å². The fourth-order valence-corrected chi connectivity index (χ4v) is 2.03. The average molecular weight is 285 g/mol. The van der Waals surface area contributed by atoms with Crippen molar-refractivity contribution < 1.29 is 9.84 Å². The largest absolute Gasteiger partial charge is 0.438 e. The van der Waals surface area contributed by atoms with Crippen LogP contribution in [0.15, 0.2) is 30.5 Å². The first kappa shape index (κ1) is 13.3. The number of para-hydroxylation sites is 1. The number of aliphatic hydroxyl groups is 1. The van der Waals surface area contributed by atoms with Gasteiger partial charge in [0.15, 0.2) is 5.65 Å². The number of nitrogens with zero attached hydrogens (tertiary/aromatic N) is 3. The molecule has 0 unspecified atom stereocenters. The van der Waals surface area contributed by atoms with Crippen LogP contribution >= 0.6 is 0 Å². The smallest absolute Gasteiger partial charge is 0.235 e. The second kappa shape index (κ2) is 5.76. The van der Waals surface area contributed by atoms with E-state index in [4.69, 9.17) is 9.84 Å². The van der Waals surface area contributed by atoms with Gasteiger partial charge in [0.2, 0.25) is 11.8 Å². The fraction of sp³-hybridized carbons (Fsp3) is 0.214. The molecule has 0 aliphatic rings. The summed E-state index contributed by atoms with van der Waals surface area (Å²) in [5, 5.41) is 19.5. The third-order valence-electron chi connectivity index (χ3n) is 3.06. The van der Waals surface area contributed by atoms with Gasteiger partial charge in [0, 0.05) is 13.7 Å². The van der Waals surface area contributed by atoms with Crippen LogP contribution < -0.4 is 10.1 Å². The van der Waals surface area contributed by atoms with Crippen LogP contribution in [0.2, 0.25) is 0 Å². The Kier molecular flexibility index (Phi) is 3.65. The first-order valence-electron chi connectivity index (χ1n) is 6.57. The molecule has 0 saturated heterocycles. The van der Waals surface area contributed by atoms with Gasteiger partial charge in [-0.15, -0.1) is 0 Å². The van der Waals surface area contributed by atoms with E-state index in [0.29, 0.717) is 35.0 Å². The second-order valence-corrected chi connectivity index (χ2v) is 4.42. The molecule has 0 aliphatic heterocycles. The van der Waals surface area contributed by atoms with Crippen LogP contribution in [0.1, 0.15) is 5.56 Å². The predicted molar refractivity (Wildman–Crippen MR) is 78.5 cm³/mol. The van der Waals surface area contributed by atoms with Crippen molar-refractivity contribution in [3.05, 3.63) is 36.0 Å². The summed E-state index contributed by atoms with van der Waals surface area (Å²) in [6.07, 6.45) is 2.15. The Hall–Kier alpha value is -2.67. The van der Waals surface area contributed by atoms with E-state index in [1.54, 1.807) is 13.2 Å². The van der Waals surface area contributed by atoms with Gasteiger partial charge in [0.25, 0.3) is 0 Å². The molecule has 0 fully saturated rings. The monoisotopic (exact) mass is 285 g/mol. The van der Waals surface area contributed by atoms with Crippen molar-refractivity contribution in [1.82, 2.24) is 20.2 Å². The maximum atomic E-state index is 9.12. The van der Waals surface area contributed by atoms with Crippen molar-refractivity contribution in [2.24, 2.45) is 0 Å². The third-order valence-corrected chi connectivity index (χ3v) is 3.06. The number of H-pyrrole nitrogens is 1. The van der Waals surface area contributed by atoms with Gasteiger partial charge in [-0.05, 0) is 18.1 Å². The molecule has 2 heterocycles. The Morgan fingerprint density at radius 3 is 2.95 bits per heavy atom. The van der Waals surface area contributed by atoms with Crippen molar-refractivity contribution >= 4 is 17.0 Å². The standard InChI is InChI=1S/C14H15N5O2/c1-15-14-17-12-10(8-16-19-12)13(18-14)21-11-5-3-2-4-9(11)6-7-20/h2-5,8,20H,6-7H2,1H3,(H2,15,16,17,18,19). The minimum atomic E-state index is 0.0625. The Morgan fingerprint density at radius 1 is 1.29 bits per heavy atom. The zero-order valence-corrected chi connectivity index (χ0v) is 11.5. The third kappa shape index (κ3) is 2.63. The summed E-state index contributed by atoms with van der Waals surface area (Å²) in [5.41, 5.74) is 1.52. The number of rotatable bonds is 5. The minimum absolute atomic E-state index is 0.0625. The predicted octanol–water partition coefficient (Wildman–Crippen LogP) is 1.72. The lowest BCUT2D eigenvalue weighted by molar-refractivity contribution is 0.297. The van der Waals surface area contributed by atoms with Crippen molar-refractivity contribution in [3.63, 3.8) is 0 Å². The highest BCUT2D eigenvalue weighted by atomic mass is 16.5. The van der Waals surface area contributed by atoms with Crippen LogP contribution in [0, 0.1) is 0 Å². The van der Waals surface area contributed by atoms with E-state index in [0.717, 1.165) is 5.56 Å². The molecule has 3 rings (SSSR count). The van der Waals surface area contributed by atoms with Gasteiger partial charge in [0.1, 0.15) is 11.1 Å². The zero-order valence-electron chi connectivity index (χ0n) is 11.5. The molecule has 1 aromatic carbocycles. The number of ether oxygens (including phenoxy) is 1. The van der Waals surface area contributed by atoms with Gasteiger partial charge < -0.3 is 15.2 Å². The molecule has 3 aromatic rings. The van der Waals surface area contributed by atoms with Gasteiger partial charge in [-0.25, -0.2) is 0 Å². The molecule has 0 amide bonds. The van der Waals surface area contributed by atoms with Crippen LogP contribution in [0.3, 0.4) is 0 Å². The highest BCUT2D eigenvalue weighted by molar-refractivity contribution is 5.80. The number of hydrogen-bond acceptors (Lipinski definition) is 6. The molecule has 0 radical (unpaired) electrons. The van der Waals surface area contributed by atoms with E-state index in [1.807, 2.05) is 24.3 Å². The summed E-state index contributed by atoms with van der Waals surface area (Å²) in [4.78, 5) is 8.58. The second-order valence-electron chi connectivity index (χ2n) is 4.42. The van der Waals surface area contributed by atoms with E-state index < -0.39 is 0 Å². The summed E-state index contributed by atoms with van der Waals surface area (Å²) in [6.45, 7) is 0.0625. The van der Waals surface area contributed by atoms with E-state index in [2.05, 4.69) is 25.5 Å². The molecule has 21 heavy (non-hydrogen) atoms. The number of benzene rings is 1. The first-order valence-corrected chi connectivity index (χ1v) is 6.57. The van der Waals surface area contributed by atoms with Crippen LogP contribution in [0.5, 0.6) is 11.6 Å². The van der Waals surface area contributed by atoms with Crippen molar-refractivity contribution in [2.75, 3.05) is 19.0 Å². The summed E-state index contributed by atoms with van der Waals surface area (Å²) >= 11 is 0. The van der Waals surface area contributed by atoms with Crippen LogP contribution in [0.4, 0.5) is 5.95 Å². The molecule has 108 valence electrons. The molecular formula is C14H15N5O2. The lowest BCUT2D eigenvalue weighted by atomic mass is 10.1. The van der Waals surface area contributed by atoms with Crippen molar-refractivity contribution in [3.8, 4) is 11.6 Å². The van der Waals surface area contributed by atoms with Gasteiger partial charge >= 0.3 is 0 Å². The Labute approximate surface area is 121 Å². The van der Waals surface area contributed by atoms with Gasteiger partial charge in [-0.3, -0.25) is 5.10 Å². The maximum Gasteiger partial charge on any atom is 0.235 e. The number of anilines is 1. The van der Waals surface area contributed by atoms with E-state index >= 15 is 0 Å². The Morgan fingerprint density at radius 2 is 2.14 bits per heavy atom. The van der Waals surface area contributed by atoms with Gasteiger partial charge in [-0.1, -0.05) is 18.2 Å². The number of nitrogens with one attached hydrogen (secondary N) is 2. The van der Waals surface area contributed by atoms with E-state index in [1.165, 1.54) is 0 Å². The molecule has 0 bridgehead atoms. The molecule has 0 atom stereocenters. The van der Waals surface area contributed by atoms with Crippen molar-refractivity contribution in [2.45, 2.75) is 6.42 Å². The Balaban J connectivity index is 2.03. The first-order chi connectivity index (χ1) is 10.3. The zero-order chi connectivity index (χ0) is 14.7. The number of aliphatic hydroxyl groups excluding tert-OH is 1. The quantitative estimate of drug-likeness (QED) is 0.660. The number of hydrogen-bond donors (Lipinski definition) is 3. The maximum absolute atomic E-state index is 9.12. The highest BCUT2D eigenvalue weighted by Crippen LogP contribution is 2.29. The lowest BCUT2D eigenvalue weighted by Gasteiger charge is -2.10. The molecule has 7 nitrogen and oxygen atoms in total. The highest BCUT2D eigenvalue weighted by Gasteiger charge is 2.12. The molecule has 0 aliphatic carbocycles. The molecule has 2 aromatic heterocycles. The average Bonchev–Trinajstić information content (AvgIpc) is 2.98.